The van der Waals surface area contributed by atoms with Gasteiger partial charge in [0, 0.05) is 18.9 Å². The summed E-state index contributed by atoms with van der Waals surface area (Å²) in [5.41, 5.74) is 1.07. The minimum Gasteiger partial charge on any atom is -0.381 e. The number of aryl methyl sites for hydroxylation is 1. The predicted molar refractivity (Wildman–Crippen MR) is 110 cm³/mol. The topological polar surface area (TPSA) is 121 Å². The first-order valence-corrected chi connectivity index (χ1v) is 10.8. The molecular formula is C20H21N3O5S. The molecule has 4 rings (SSSR count). The van der Waals surface area contributed by atoms with Gasteiger partial charge in [-0.3, -0.25) is 14.3 Å². The largest absolute Gasteiger partial charge is 0.381 e. The van der Waals surface area contributed by atoms with Gasteiger partial charge in [-0.2, -0.15) is 0 Å². The summed E-state index contributed by atoms with van der Waals surface area (Å²) >= 11 is 0. The highest BCUT2D eigenvalue weighted by atomic mass is 32.2. The molecule has 3 aromatic rings. The van der Waals surface area contributed by atoms with E-state index in [9.17, 15) is 18.0 Å². The summed E-state index contributed by atoms with van der Waals surface area (Å²) in [4.78, 5) is 27.9. The van der Waals surface area contributed by atoms with Crippen LogP contribution in [0.15, 0.2) is 50.9 Å². The Hall–Kier alpha value is -2.91. The second-order valence-electron chi connectivity index (χ2n) is 7.19. The van der Waals surface area contributed by atoms with E-state index in [1.165, 1.54) is 17.7 Å². The zero-order chi connectivity index (χ0) is 20.6. The summed E-state index contributed by atoms with van der Waals surface area (Å²) in [5.74, 6) is 0.427. The third kappa shape index (κ3) is 3.96. The van der Waals surface area contributed by atoms with Gasteiger partial charge < -0.3 is 14.7 Å². The lowest BCUT2D eigenvalue weighted by molar-refractivity contribution is 0.0853. The third-order valence-electron chi connectivity index (χ3n) is 5.16. The Labute approximate surface area is 167 Å². The molecule has 0 radical (unpaired) electrons. The molecule has 1 fully saturated rings. The molecule has 1 aliphatic heterocycles. The predicted octanol–water partition coefficient (Wildman–Crippen LogP) is 2.22. The average molecular weight is 415 g/mol. The third-order valence-corrected chi connectivity index (χ3v) is 6.69. The standard InChI is InChI=1S/C20H21N3O5S/c1-12-10-16-17(22-20(25)19(24)21-16)11-18(12)29(26,27)23-15-4-2-13(3-5-15)14-6-8-28-9-7-14/h2-5,10-11,14,23H,6-9H2,1H3,(H,21,24)(H,22,25). The van der Waals surface area contributed by atoms with E-state index in [0.717, 1.165) is 26.1 Å². The maximum Gasteiger partial charge on any atom is 0.314 e. The first-order valence-electron chi connectivity index (χ1n) is 9.31. The highest BCUT2D eigenvalue weighted by molar-refractivity contribution is 7.92. The first kappa shape index (κ1) is 19.4. The van der Waals surface area contributed by atoms with Gasteiger partial charge in [0.1, 0.15) is 0 Å². The molecule has 0 unspecified atom stereocenters. The van der Waals surface area contributed by atoms with Crippen molar-refractivity contribution in [3.63, 3.8) is 0 Å². The molecule has 0 saturated carbocycles. The van der Waals surface area contributed by atoms with Crippen molar-refractivity contribution in [1.29, 1.82) is 0 Å². The van der Waals surface area contributed by atoms with E-state index in [4.69, 9.17) is 4.74 Å². The molecule has 29 heavy (non-hydrogen) atoms. The fourth-order valence-corrected chi connectivity index (χ4v) is 4.92. The zero-order valence-electron chi connectivity index (χ0n) is 15.8. The maximum absolute atomic E-state index is 12.9. The number of fused-ring (bicyclic) bond motifs is 1. The van der Waals surface area contributed by atoms with Gasteiger partial charge in [-0.15, -0.1) is 0 Å². The summed E-state index contributed by atoms with van der Waals surface area (Å²) in [6, 6.07) is 10.2. The Morgan fingerprint density at radius 3 is 2.17 bits per heavy atom. The van der Waals surface area contributed by atoms with E-state index in [0.29, 0.717) is 22.7 Å². The molecule has 0 amide bonds. The van der Waals surface area contributed by atoms with Gasteiger partial charge in [-0.25, -0.2) is 8.42 Å². The van der Waals surface area contributed by atoms with Crippen molar-refractivity contribution in [2.45, 2.75) is 30.6 Å². The number of aromatic amines is 2. The van der Waals surface area contributed by atoms with Crippen LogP contribution >= 0.6 is 0 Å². The minimum absolute atomic E-state index is 0.0289. The smallest absolute Gasteiger partial charge is 0.314 e. The van der Waals surface area contributed by atoms with Crippen LogP contribution in [0, 0.1) is 6.92 Å². The van der Waals surface area contributed by atoms with Gasteiger partial charge in [-0.05, 0) is 61.1 Å². The van der Waals surface area contributed by atoms with Gasteiger partial charge in [0.2, 0.25) is 0 Å². The molecule has 1 aromatic heterocycles. The van der Waals surface area contributed by atoms with Crippen molar-refractivity contribution < 1.29 is 13.2 Å². The molecule has 8 nitrogen and oxygen atoms in total. The number of aromatic nitrogens is 2. The van der Waals surface area contributed by atoms with Gasteiger partial charge in [0.05, 0.1) is 15.9 Å². The molecule has 152 valence electrons. The van der Waals surface area contributed by atoms with E-state index in [1.807, 2.05) is 12.1 Å². The van der Waals surface area contributed by atoms with Gasteiger partial charge >= 0.3 is 11.1 Å². The number of ether oxygens (including phenoxy) is 1. The molecule has 3 N–H and O–H groups in total. The normalized spacial score (nSPS) is 15.5. The Morgan fingerprint density at radius 2 is 1.55 bits per heavy atom. The van der Waals surface area contributed by atoms with Crippen molar-refractivity contribution >= 4 is 26.7 Å². The SMILES string of the molecule is Cc1cc2[nH]c(=O)c(=O)[nH]c2cc1S(=O)(=O)Nc1ccc(C2CCOCC2)cc1. The van der Waals surface area contributed by atoms with Crippen LogP contribution in [0.25, 0.3) is 11.0 Å². The fraction of sp³-hybridized carbons (Fsp3) is 0.300. The van der Waals surface area contributed by atoms with Crippen molar-refractivity contribution in [2.75, 3.05) is 17.9 Å². The first-order chi connectivity index (χ1) is 13.8. The number of hydrogen-bond acceptors (Lipinski definition) is 5. The molecule has 1 saturated heterocycles. The van der Waals surface area contributed by atoms with Crippen LogP contribution in [-0.4, -0.2) is 31.6 Å². The summed E-state index contributed by atoms with van der Waals surface area (Å²) in [5, 5.41) is 0. The summed E-state index contributed by atoms with van der Waals surface area (Å²) in [7, 11) is -3.88. The lowest BCUT2D eigenvalue weighted by atomic mass is 9.92. The monoisotopic (exact) mass is 415 g/mol. The van der Waals surface area contributed by atoms with Crippen molar-refractivity contribution in [3.8, 4) is 0 Å². The molecule has 0 aliphatic carbocycles. The lowest BCUT2D eigenvalue weighted by Gasteiger charge is -2.22. The number of anilines is 1. The average Bonchev–Trinajstić information content (AvgIpc) is 2.70. The molecule has 0 spiro atoms. The number of nitrogens with one attached hydrogen (secondary N) is 3. The minimum atomic E-state index is -3.88. The summed E-state index contributed by atoms with van der Waals surface area (Å²) in [6.45, 7) is 3.12. The van der Waals surface area contributed by atoms with Gasteiger partial charge in [0.25, 0.3) is 10.0 Å². The number of rotatable bonds is 4. The fourth-order valence-electron chi connectivity index (χ4n) is 3.61. The number of hydrogen-bond donors (Lipinski definition) is 3. The molecule has 9 heteroatoms. The zero-order valence-corrected chi connectivity index (χ0v) is 16.6. The quantitative estimate of drug-likeness (QED) is 0.564. The Kier molecular flexibility index (Phi) is 5.01. The molecule has 0 atom stereocenters. The summed E-state index contributed by atoms with van der Waals surface area (Å²) in [6.07, 6.45) is 1.92. The lowest BCUT2D eigenvalue weighted by Crippen LogP contribution is -2.29. The van der Waals surface area contributed by atoms with Crippen LogP contribution in [0.1, 0.15) is 29.9 Å². The Morgan fingerprint density at radius 1 is 0.966 bits per heavy atom. The van der Waals surface area contributed by atoms with Crippen LogP contribution in [0.5, 0.6) is 0 Å². The van der Waals surface area contributed by atoms with Crippen molar-refractivity contribution in [2.24, 2.45) is 0 Å². The van der Waals surface area contributed by atoms with E-state index >= 15 is 0 Å². The number of H-pyrrole nitrogens is 2. The van der Waals surface area contributed by atoms with E-state index in [-0.39, 0.29) is 10.4 Å². The number of benzene rings is 2. The molecule has 2 aromatic carbocycles. The highest BCUT2D eigenvalue weighted by Gasteiger charge is 2.20. The second kappa shape index (κ2) is 7.49. The van der Waals surface area contributed by atoms with Crippen LogP contribution in [-0.2, 0) is 14.8 Å². The summed E-state index contributed by atoms with van der Waals surface area (Å²) < 4.78 is 33.8. The van der Waals surface area contributed by atoms with Crippen LogP contribution < -0.4 is 15.8 Å². The Bertz CT molecular complexity index is 1270. The van der Waals surface area contributed by atoms with E-state index in [2.05, 4.69) is 14.7 Å². The van der Waals surface area contributed by atoms with E-state index in [1.54, 1.807) is 19.1 Å². The van der Waals surface area contributed by atoms with Gasteiger partial charge in [0.15, 0.2) is 0 Å². The maximum atomic E-state index is 12.9. The molecule has 1 aliphatic rings. The van der Waals surface area contributed by atoms with Gasteiger partial charge in [-0.1, -0.05) is 12.1 Å². The molecular weight excluding hydrogens is 394 g/mol. The van der Waals surface area contributed by atoms with Crippen molar-refractivity contribution in [3.05, 3.63) is 68.2 Å². The highest BCUT2D eigenvalue weighted by Crippen LogP contribution is 2.28. The second-order valence-corrected chi connectivity index (χ2v) is 8.84. The molecule has 0 bridgehead atoms. The Balaban J connectivity index is 1.63. The van der Waals surface area contributed by atoms with Crippen molar-refractivity contribution in [1.82, 2.24) is 9.97 Å². The van der Waals surface area contributed by atoms with Crippen LogP contribution in [0.2, 0.25) is 0 Å². The number of sulfonamides is 1. The van der Waals surface area contributed by atoms with E-state index < -0.39 is 21.1 Å². The van der Waals surface area contributed by atoms with Crippen LogP contribution in [0.4, 0.5) is 5.69 Å². The molecule has 2 heterocycles. The van der Waals surface area contributed by atoms with Crippen LogP contribution in [0.3, 0.4) is 0 Å².